The van der Waals surface area contributed by atoms with Crippen LogP contribution in [0.3, 0.4) is 0 Å². The van der Waals surface area contributed by atoms with E-state index in [-0.39, 0.29) is 18.0 Å². The maximum absolute atomic E-state index is 13.3. The van der Waals surface area contributed by atoms with Crippen molar-refractivity contribution in [3.05, 3.63) is 63.9 Å². The molecular weight excluding hydrogens is 363 g/mol. The number of carbonyl (C=O) groups excluding carboxylic acids is 2. The summed E-state index contributed by atoms with van der Waals surface area (Å²) in [5, 5.41) is 2.54. The van der Waals surface area contributed by atoms with Gasteiger partial charge in [0, 0.05) is 22.3 Å². The topological polar surface area (TPSA) is 49.4 Å². The lowest BCUT2D eigenvalue weighted by Gasteiger charge is -2.17. The van der Waals surface area contributed by atoms with E-state index in [9.17, 15) is 14.0 Å². The van der Waals surface area contributed by atoms with E-state index in [1.165, 1.54) is 12.1 Å². The molecule has 4 nitrogen and oxygen atoms in total. The fourth-order valence-electron chi connectivity index (χ4n) is 2.64. The number of carbonyl (C=O) groups is 2. The molecule has 1 aliphatic heterocycles. The monoisotopic (exact) mass is 376 g/mol. The van der Waals surface area contributed by atoms with E-state index in [1.807, 2.05) is 24.3 Å². The second-order valence-electron chi connectivity index (χ2n) is 5.26. The molecule has 0 spiro atoms. The predicted molar refractivity (Wildman–Crippen MR) is 88.9 cm³/mol. The van der Waals surface area contributed by atoms with E-state index in [1.54, 1.807) is 4.90 Å². The van der Waals surface area contributed by atoms with Crippen molar-refractivity contribution in [1.82, 2.24) is 5.32 Å². The highest BCUT2D eigenvalue weighted by Crippen LogP contribution is 2.27. The van der Waals surface area contributed by atoms with Crippen LogP contribution in [0.2, 0.25) is 0 Å². The van der Waals surface area contributed by atoms with Crippen LogP contribution < -0.4 is 10.2 Å². The Bertz CT molecular complexity index is 759. The van der Waals surface area contributed by atoms with Crippen LogP contribution in [0.15, 0.2) is 46.9 Å². The van der Waals surface area contributed by atoms with E-state index in [0.717, 1.165) is 23.7 Å². The summed E-state index contributed by atoms with van der Waals surface area (Å²) in [4.78, 5) is 26.0. The van der Waals surface area contributed by atoms with E-state index < -0.39 is 11.7 Å². The zero-order valence-electron chi connectivity index (χ0n) is 12.2. The van der Waals surface area contributed by atoms with Gasteiger partial charge in [0.1, 0.15) is 5.82 Å². The smallest absolute Gasteiger partial charge is 0.251 e. The molecule has 0 saturated carbocycles. The molecule has 1 aliphatic rings. The Labute approximate surface area is 141 Å². The lowest BCUT2D eigenvalue weighted by atomic mass is 10.2. The molecule has 2 amide bonds. The summed E-state index contributed by atoms with van der Waals surface area (Å²) >= 11 is 3.14. The highest BCUT2D eigenvalue weighted by atomic mass is 79.9. The number of hydrogen-bond acceptors (Lipinski definition) is 2. The minimum absolute atomic E-state index is 0.124. The third-order valence-electron chi connectivity index (χ3n) is 3.71. The Hall–Kier alpha value is -2.21. The molecule has 2 aromatic carbocycles. The molecule has 118 valence electrons. The molecule has 0 atom stereocenters. The van der Waals surface area contributed by atoms with Gasteiger partial charge >= 0.3 is 0 Å². The third-order valence-corrected chi connectivity index (χ3v) is 4.17. The minimum Gasteiger partial charge on any atom is -0.343 e. The zero-order valence-corrected chi connectivity index (χ0v) is 13.8. The maximum atomic E-state index is 13.3. The van der Waals surface area contributed by atoms with Gasteiger partial charge in [0.05, 0.1) is 6.54 Å². The number of rotatable bonds is 3. The second-order valence-corrected chi connectivity index (χ2v) is 6.18. The van der Waals surface area contributed by atoms with E-state index >= 15 is 0 Å². The molecule has 0 bridgehead atoms. The van der Waals surface area contributed by atoms with Gasteiger partial charge < -0.3 is 10.2 Å². The standard InChI is InChI=1S/C17H14BrFN2O2/c18-13-7-12(8-14(19)9-13)17(23)20-10-16(22)21-6-5-11-3-1-2-4-15(11)21/h1-4,7-9H,5-6,10H2,(H,20,23). The third kappa shape index (κ3) is 3.42. The normalized spacial score (nSPS) is 12.9. The Morgan fingerprint density at radius 3 is 2.78 bits per heavy atom. The van der Waals surface area contributed by atoms with E-state index in [4.69, 9.17) is 0 Å². The summed E-state index contributed by atoms with van der Waals surface area (Å²) in [7, 11) is 0. The fraction of sp³-hybridized carbons (Fsp3) is 0.176. The van der Waals surface area contributed by atoms with Gasteiger partial charge in [-0.2, -0.15) is 0 Å². The first-order chi connectivity index (χ1) is 11.0. The van der Waals surface area contributed by atoms with Gasteiger partial charge in [-0.1, -0.05) is 34.1 Å². The van der Waals surface area contributed by atoms with E-state index in [2.05, 4.69) is 21.2 Å². The largest absolute Gasteiger partial charge is 0.343 e. The Morgan fingerprint density at radius 1 is 1.22 bits per heavy atom. The van der Waals surface area contributed by atoms with Crippen LogP contribution >= 0.6 is 15.9 Å². The summed E-state index contributed by atoms with van der Waals surface area (Å²) in [6.07, 6.45) is 0.812. The fourth-order valence-corrected chi connectivity index (χ4v) is 3.10. The predicted octanol–water partition coefficient (Wildman–Crippen LogP) is 2.91. The van der Waals surface area contributed by atoms with Crippen LogP contribution in [0.1, 0.15) is 15.9 Å². The lowest BCUT2D eigenvalue weighted by Crippen LogP contribution is -2.39. The number of nitrogens with zero attached hydrogens (tertiary/aromatic N) is 1. The summed E-state index contributed by atoms with van der Waals surface area (Å²) < 4.78 is 13.8. The van der Waals surface area contributed by atoms with Crippen molar-refractivity contribution in [3.63, 3.8) is 0 Å². The lowest BCUT2D eigenvalue weighted by molar-refractivity contribution is -0.117. The number of nitrogens with one attached hydrogen (secondary N) is 1. The number of halogens is 2. The van der Waals surface area contributed by atoms with Crippen molar-refractivity contribution in [2.45, 2.75) is 6.42 Å². The van der Waals surface area contributed by atoms with Crippen molar-refractivity contribution in [2.75, 3.05) is 18.0 Å². The number of fused-ring (bicyclic) bond motifs is 1. The van der Waals surface area contributed by atoms with Gasteiger partial charge in [-0.25, -0.2) is 4.39 Å². The first kappa shape index (κ1) is 15.7. The maximum Gasteiger partial charge on any atom is 0.251 e. The number of benzene rings is 2. The highest BCUT2D eigenvalue weighted by Gasteiger charge is 2.24. The molecule has 2 aromatic rings. The molecule has 1 heterocycles. The number of anilines is 1. The Morgan fingerprint density at radius 2 is 2.00 bits per heavy atom. The van der Waals surface area contributed by atoms with Gasteiger partial charge in [0.15, 0.2) is 0 Å². The van der Waals surface area contributed by atoms with Crippen LogP contribution in [-0.4, -0.2) is 24.9 Å². The van der Waals surface area contributed by atoms with Crippen LogP contribution in [0, 0.1) is 5.82 Å². The summed E-state index contributed by atoms with van der Waals surface area (Å²) in [5.74, 6) is -1.17. The van der Waals surface area contributed by atoms with Gasteiger partial charge in [-0.05, 0) is 36.2 Å². The van der Waals surface area contributed by atoms with Crippen LogP contribution in [0.5, 0.6) is 0 Å². The van der Waals surface area contributed by atoms with Gasteiger partial charge in [-0.15, -0.1) is 0 Å². The van der Waals surface area contributed by atoms with Gasteiger partial charge in [0.2, 0.25) is 5.91 Å². The van der Waals surface area contributed by atoms with Crippen molar-refractivity contribution in [1.29, 1.82) is 0 Å². The summed E-state index contributed by atoms with van der Waals surface area (Å²) in [6, 6.07) is 11.6. The molecule has 0 aliphatic carbocycles. The van der Waals surface area contributed by atoms with Crippen molar-refractivity contribution in [2.24, 2.45) is 0 Å². The number of para-hydroxylation sites is 1. The first-order valence-electron chi connectivity index (χ1n) is 7.17. The molecule has 0 saturated heterocycles. The Kier molecular flexibility index (Phi) is 4.43. The average molecular weight is 377 g/mol. The molecule has 0 fully saturated rings. The van der Waals surface area contributed by atoms with Crippen LogP contribution in [0.4, 0.5) is 10.1 Å². The number of amides is 2. The Balaban J connectivity index is 1.64. The van der Waals surface area contributed by atoms with Crippen LogP contribution in [0.25, 0.3) is 0 Å². The molecule has 3 rings (SSSR count). The molecule has 0 aromatic heterocycles. The quantitative estimate of drug-likeness (QED) is 0.895. The van der Waals surface area contributed by atoms with E-state index in [0.29, 0.717) is 11.0 Å². The minimum atomic E-state index is -0.510. The zero-order chi connectivity index (χ0) is 16.4. The van der Waals surface area contributed by atoms with Gasteiger partial charge in [-0.3, -0.25) is 9.59 Å². The molecule has 1 N–H and O–H groups in total. The van der Waals surface area contributed by atoms with Crippen molar-refractivity contribution >= 4 is 33.4 Å². The summed E-state index contributed by atoms with van der Waals surface area (Å²) in [5.41, 5.74) is 2.19. The highest BCUT2D eigenvalue weighted by molar-refractivity contribution is 9.10. The molecule has 23 heavy (non-hydrogen) atoms. The molecule has 0 radical (unpaired) electrons. The molecule has 0 unspecified atom stereocenters. The summed E-state index contributed by atoms with van der Waals surface area (Å²) in [6.45, 7) is 0.487. The first-order valence-corrected chi connectivity index (χ1v) is 7.96. The van der Waals surface area contributed by atoms with Crippen molar-refractivity contribution in [3.8, 4) is 0 Å². The van der Waals surface area contributed by atoms with Gasteiger partial charge in [0.25, 0.3) is 5.91 Å². The molecule has 6 heteroatoms. The van der Waals surface area contributed by atoms with Crippen LogP contribution in [-0.2, 0) is 11.2 Å². The number of hydrogen-bond donors (Lipinski definition) is 1. The second kappa shape index (κ2) is 6.50. The van der Waals surface area contributed by atoms with Crippen molar-refractivity contribution < 1.29 is 14.0 Å². The molecular formula is C17H14BrFN2O2. The average Bonchev–Trinajstić information content (AvgIpc) is 2.95. The SMILES string of the molecule is O=C(NCC(=O)N1CCc2ccccc21)c1cc(F)cc(Br)c1.